The summed E-state index contributed by atoms with van der Waals surface area (Å²) >= 11 is 3.98. The minimum atomic E-state index is -4.13. The van der Waals surface area contributed by atoms with Crippen LogP contribution in [0.1, 0.15) is 19.4 Å². The number of ether oxygens (including phenoxy) is 2. The molecule has 0 N–H and O–H groups in total. The number of hydrogen-bond acceptors (Lipinski definition) is 9. The number of carbonyl (C=O) groups is 3. The first-order valence-corrected chi connectivity index (χ1v) is 13.0. The molecule has 34 heavy (non-hydrogen) atoms. The second kappa shape index (κ2) is 11.1. The van der Waals surface area contributed by atoms with Gasteiger partial charge in [-0.3, -0.25) is 19.3 Å². The highest BCUT2D eigenvalue weighted by Gasteiger charge is 2.36. The fraction of sp³-hybridized carbons (Fsp3) is 0.227. The van der Waals surface area contributed by atoms with Crippen LogP contribution in [0.3, 0.4) is 0 Å². The monoisotopic (exact) mass is 569 g/mol. The number of imide groups is 1. The molecule has 1 fully saturated rings. The van der Waals surface area contributed by atoms with Crippen LogP contribution in [-0.4, -0.2) is 50.2 Å². The molecule has 0 spiro atoms. The number of rotatable bonds is 9. The third-order valence-electron chi connectivity index (χ3n) is 4.32. The van der Waals surface area contributed by atoms with Crippen molar-refractivity contribution in [3.8, 4) is 11.5 Å². The molecule has 3 rings (SSSR count). The Bertz CT molecular complexity index is 1250. The van der Waals surface area contributed by atoms with Crippen LogP contribution >= 0.6 is 27.7 Å². The summed E-state index contributed by atoms with van der Waals surface area (Å²) in [5.74, 6) is -1.26. The van der Waals surface area contributed by atoms with E-state index in [1.54, 1.807) is 32.0 Å². The lowest BCUT2D eigenvalue weighted by molar-refractivity contribution is -0.145. The van der Waals surface area contributed by atoms with E-state index in [2.05, 4.69) is 15.9 Å². The van der Waals surface area contributed by atoms with E-state index in [0.717, 1.165) is 4.90 Å². The molecule has 0 radical (unpaired) electrons. The van der Waals surface area contributed by atoms with Gasteiger partial charge in [-0.15, -0.1) is 0 Å². The van der Waals surface area contributed by atoms with Crippen LogP contribution < -0.4 is 8.92 Å². The van der Waals surface area contributed by atoms with Crippen molar-refractivity contribution in [3.05, 3.63) is 57.4 Å². The Labute approximate surface area is 209 Å². The lowest BCUT2D eigenvalue weighted by Gasteiger charge is -2.14. The molecule has 2 aromatic carbocycles. The standard InChI is InChI=1S/C22H20BrNO8S2/c1-3-30-17-11-14(12-18-21(26)24(22(27)33-18)13-19(25)31-4-2)10-16(23)20(17)32-34(28,29)15-8-6-5-7-9-15/h5-12H,3-4,13H2,1-2H3/b18-12-. The number of esters is 1. The quantitative estimate of drug-likeness (QED) is 0.248. The SMILES string of the molecule is CCOC(=O)CN1C(=O)S/C(=C\c2cc(Br)c(OS(=O)(=O)c3ccccc3)c(OCC)c2)C1=O. The average molecular weight is 570 g/mol. The Balaban J connectivity index is 1.91. The first kappa shape index (κ1) is 25.8. The summed E-state index contributed by atoms with van der Waals surface area (Å²) in [4.78, 5) is 37.4. The Morgan fingerprint density at radius 2 is 1.82 bits per heavy atom. The molecule has 0 aliphatic carbocycles. The molecular formula is C22H20BrNO8S2. The van der Waals surface area contributed by atoms with Crippen molar-refractivity contribution in [3.63, 3.8) is 0 Å². The van der Waals surface area contributed by atoms with Gasteiger partial charge in [0.25, 0.3) is 11.1 Å². The van der Waals surface area contributed by atoms with Gasteiger partial charge in [-0.1, -0.05) is 18.2 Å². The zero-order valence-electron chi connectivity index (χ0n) is 18.1. The van der Waals surface area contributed by atoms with Crippen LogP contribution in [0.2, 0.25) is 0 Å². The molecule has 180 valence electrons. The first-order chi connectivity index (χ1) is 16.2. The molecule has 0 unspecified atom stereocenters. The van der Waals surface area contributed by atoms with Gasteiger partial charge in [0, 0.05) is 0 Å². The zero-order chi connectivity index (χ0) is 24.9. The second-order valence-corrected chi connectivity index (χ2v) is 10.1. The van der Waals surface area contributed by atoms with Gasteiger partial charge in [0.2, 0.25) is 0 Å². The van der Waals surface area contributed by atoms with E-state index in [-0.39, 0.29) is 39.0 Å². The lowest BCUT2D eigenvalue weighted by atomic mass is 10.2. The van der Waals surface area contributed by atoms with Gasteiger partial charge in [-0.2, -0.15) is 8.42 Å². The van der Waals surface area contributed by atoms with E-state index in [1.165, 1.54) is 30.3 Å². The van der Waals surface area contributed by atoms with Crippen molar-refractivity contribution in [2.75, 3.05) is 19.8 Å². The summed E-state index contributed by atoms with van der Waals surface area (Å²) < 4.78 is 41.3. The van der Waals surface area contributed by atoms with Crippen molar-refractivity contribution in [1.82, 2.24) is 4.90 Å². The van der Waals surface area contributed by atoms with Crippen molar-refractivity contribution < 1.29 is 36.5 Å². The topological polar surface area (TPSA) is 116 Å². The van der Waals surface area contributed by atoms with Gasteiger partial charge in [0.1, 0.15) is 11.4 Å². The predicted molar refractivity (Wildman–Crippen MR) is 129 cm³/mol. The molecule has 1 heterocycles. The van der Waals surface area contributed by atoms with E-state index >= 15 is 0 Å². The summed E-state index contributed by atoms with van der Waals surface area (Å²) in [6.45, 7) is 3.21. The van der Waals surface area contributed by atoms with Gasteiger partial charge >= 0.3 is 16.1 Å². The summed E-state index contributed by atoms with van der Waals surface area (Å²) in [6.07, 6.45) is 1.44. The number of amides is 2. The van der Waals surface area contributed by atoms with Crippen LogP contribution in [0.25, 0.3) is 6.08 Å². The van der Waals surface area contributed by atoms with Crippen molar-refractivity contribution >= 4 is 61.0 Å². The molecular weight excluding hydrogens is 550 g/mol. The number of halogens is 1. The highest BCUT2D eigenvalue weighted by Crippen LogP contribution is 2.40. The molecule has 0 saturated carbocycles. The molecule has 9 nitrogen and oxygen atoms in total. The third-order valence-corrected chi connectivity index (χ3v) is 7.05. The molecule has 0 bridgehead atoms. The molecule has 2 aromatic rings. The smallest absolute Gasteiger partial charge is 0.339 e. The minimum Gasteiger partial charge on any atom is -0.490 e. The third kappa shape index (κ3) is 5.99. The Kier molecular flexibility index (Phi) is 8.39. The molecule has 0 aromatic heterocycles. The summed E-state index contributed by atoms with van der Waals surface area (Å²) in [6, 6.07) is 10.7. The van der Waals surface area contributed by atoms with E-state index in [0.29, 0.717) is 17.3 Å². The summed E-state index contributed by atoms with van der Waals surface area (Å²) in [5.41, 5.74) is 0.446. The van der Waals surface area contributed by atoms with Crippen molar-refractivity contribution in [2.45, 2.75) is 18.7 Å². The zero-order valence-corrected chi connectivity index (χ0v) is 21.4. The Morgan fingerprint density at radius 1 is 1.12 bits per heavy atom. The van der Waals surface area contributed by atoms with Gasteiger partial charge in [0.05, 0.1) is 22.6 Å². The van der Waals surface area contributed by atoms with E-state index in [9.17, 15) is 22.8 Å². The Hall–Kier alpha value is -2.83. The number of benzene rings is 2. The van der Waals surface area contributed by atoms with Gasteiger partial charge in [-0.05, 0) is 77.4 Å². The van der Waals surface area contributed by atoms with Crippen LogP contribution in [0.4, 0.5) is 4.79 Å². The molecule has 0 atom stereocenters. The van der Waals surface area contributed by atoms with Gasteiger partial charge < -0.3 is 13.7 Å². The Morgan fingerprint density at radius 3 is 2.47 bits per heavy atom. The minimum absolute atomic E-state index is 0.0244. The lowest BCUT2D eigenvalue weighted by Crippen LogP contribution is -2.34. The average Bonchev–Trinajstić information content (AvgIpc) is 3.04. The van der Waals surface area contributed by atoms with Crippen LogP contribution in [0.15, 0.2) is 56.7 Å². The normalized spacial score (nSPS) is 15.0. The van der Waals surface area contributed by atoms with E-state index in [4.69, 9.17) is 13.7 Å². The largest absolute Gasteiger partial charge is 0.490 e. The van der Waals surface area contributed by atoms with Crippen molar-refractivity contribution in [2.24, 2.45) is 0 Å². The first-order valence-electron chi connectivity index (χ1n) is 10.0. The van der Waals surface area contributed by atoms with Crippen molar-refractivity contribution in [1.29, 1.82) is 0 Å². The summed E-state index contributed by atoms with van der Waals surface area (Å²) in [5, 5.41) is -0.595. The van der Waals surface area contributed by atoms with Crippen LogP contribution in [0, 0.1) is 0 Å². The second-order valence-electron chi connectivity index (χ2n) is 6.69. The maximum Gasteiger partial charge on any atom is 0.339 e. The fourth-order valence-corrected chi connectivity index (χ4v) is 5.35. The van der Waals surface area contributed by atoms with Gasteiger partial charge in [-0.25, -0.2) is 0 Å². The highest BCUT2D eigenvalue weighted by molar-refractivity contribution is 9.10. The molecule has 2 amide bonds. The van der Waals surface area contributed by atoms with Crippen LogP contribution in [0.5, 0.6) is 11.5 Å². The predicted octanol–water partition coefficient (Wildman–Crippen LogP) is 4.21. The molecule has 1 saturated heterocycles. The highest BCUT2D eigenvalue weighted by atomic mass is 79.9. The van der Waals surface area contributed by atoms with E-state index < -0.39 is 33.8 Å². The van der Waals surface area contributed by atoms with E-state index in [1.807, 2.05) is 0 Å². The molecule has 1 aliphatic rings. The maximum atomic E-state index is 12.7. The van der Waals surface area contributed by atoms with Crippen LogP contribution in [-0.2, 0) is 24.4 Å². The number of nitrogens with zero attached hydrogens (tertiary/aromatic N) is 1. The number of hydrogen-bond donors (Lipinski definition) is 0. The molecule has 1 aliphatic heterocycles. The maximum absolute atomic E-state index is 12.7. The number of thioether (sulfide) groups is 1. The van der Waals surface area contributed by atoms with Gasteiger partial charge in [0.15, 0.2) is 11.5 Å². The summed E-state index contributed by atoms with van der Waals surface area (Å²) in [7, 11) is -4.13. The fourth-order valence-electron chi connectivity index (χ4n) is 2.88. The number of carbonyl (C=O) groups excluding carboxylic acids is 3. The molecule has 12 heteroatoms.